The maximum atomic E-state index is 6.14. The van der Waals surface area contributed by atoms with E-state index < -0.39 is 0 Å². The summed E-state index contributed by atoms with van der Waals surface area (Å²) in [5, 5.41) is 2.25. The smallest absolute Gasteiger partial charge is 0.146 e. The van der Waals surface area contributed by atoms with Crippen molar-refractivity contribution in [1.29, 1.82) is 0 Å². The minimum Gasteiger partial charge on any atom is -0.455 e. The number of rotatable bonds is 3. The van der Waals surface area contributed by atoms with Crippen molar-refractivity contribution in [2.45, 2.75) is 0 Å². The van der Waals surface area contributed by atoms with Crippen molar-refractivity contribution in [2.24, 2.45) is 0 Å². The molecule has 4 heterocycles. The molecule has 4 aromatic heterocycles. The van der Waals surface area contributed by atoms with Crippen LogP contribution in [0.1, 0.15) is 5.56 Å². The van der Waals surface area contributed by atoms with Gasteiger partial charge in [-0.1, -0.05) is 49.1 Å². The molecule has 2 nitrogen and oxygen atoms in total. The number of furan rings is 2. The molecule has 0 aliphatic rings. The molecule has 0 amide bonds. The zero-order chi connectivity index (χ0) is 19.5. The van der Waals surface area contributed by atoms with Crippen LogP contribution < -0.4 is 5.46 Å². The summed E-state index contributed by atoms with van der Waals surface area (Å²) < 4.78 is 14.8. The molecule has 0 radical (unpaired) electrons. The van der Waals surface area contributed by atoms with E-state index in [4.69, 9.17) is 8.83 Å². The Balaban J connectivity index is 1.55. The zero-order valence-electron chi connectivity index (χ0n) is 15.7. The largest absolute Gasteiger partial charge is 0.455 e. The predicted octanol–water partition coefficient (Wildman–Crippen LogP) is 6.69. The van der Waals surface area contributed by atoms with Gasteiger partial charge in [-0.2, -0.15) is 0 Å². The van der Waals surface area contributed by atoms with Crippen LogP contribution in [-0.4, -0.2) is 7.85 Å². The van der Waals surface area contributed by atoms with Crippen molar-refractivity contribution in [2.75, 3.05) is 0 Å². The molecule has 0 aliphatic heterocycles. The summed E-state index contributed by atoms with van der Waals surface area (Å²) >= 11 is 3.54. The second-order valence-corrected chi connectivity index (χ2v) is 9.10. The van der Waals surface area contributed by atoms with Crippen molar-refractivity contribution in [3.63, 3.8) is 0 Å². The number of thiophene rings is 2. The van der Waals surface area contributed by atoms with Crippen molar-refractivity contribution in [3.8, 4) is 21.3 Å². The van der Waals surface area contributed by atoms with Crippen molar-refractivity contribution in [3.05, 3.63) is 72.8 Å². The van der Waals surface area contributed by atoms with Crippen LogP contribution in [0.5, 0.6) is 0 Å². The quantitative estimate of drug-likeness (QED) is 0.304. The fraction of sp³-hybridized carbons (Fsp3) is 0. The van der Waals surface area contributed by atoms with Crippen LogP contribution in [-0.2, 0) is 0 Å². The minimum absolute atomic E-state index is 0.902. The number of hydrogen-bond acceptors (Lipinski definition) is 4. The first-order valence-corrected chi connectivity index (χ1v) is 11.0. The highest BCUT2D eigenvalue weighted by Gasteiger charge is 2.22. The Hall–Kier alpha value is -3.02. The molecule has 0 spiro atoms. The average molecular weight is 410 g/mol. The number of hydrogen-bond donors (Lipinski definition) is 0. The lowest BCUT2D eigenvalue weighted by atomic mass is 9.95. The first-order valence-electron chi connectivity index (χ1n) is 9.39. The molecule has 138 valence electrons. The molecule has 0 saturated heterocycles. The molecule has 6 aromatic rings. The summed E-state index contributed by atoms with van der Waals surface area (Å²) in [5.41, 5.74) is 4.22. The number of para-hydroxylation sites is 2. The van der Waals surface area contributed by atoms with Crippen molar-refractivity contribution in [1.82, 2.24) is 0 Å². The van der Waals surface area contributed by atoms with Gasteiger partial charge in [-0.15, -0.1) is 22.7 Å². The van der Waals surface area contributed by atoms with Gasteiger partial charge in [-0.25, -0.2) is 0 Å². The first kappa shape index (κ1) is 16.9. The molecular weight excluding hydrogens is 395 g/mol. The molecule has 0 bridgehead atoms. The fourth-order valence-corrected chi connectivity index (χ4v) is 6.59. The van der Waals surface area contributed by atoms with E-state index in [1.165, 1.54) is 19.7 Å². The highest BCUT2D eigenvalue weighted by molar-refractivity contribution is 7.33. The lowest BCUT2D eigenvalue weighted by Gasteiger charge is -1.97. The molecule has 2 aromatic carbocycles. The Labute approximate surface area is 176 Å². The minimum atomic E-state index is 0.902. The van der Waals surface area contributed by atoms with E-state index in [1.807, 2.05) is 42.5 Å². The first-order chi connectivity index (χ1) is 14.2. The maximum absolute atomic E-state index is 6.14. The zero-order valence-corrected chi connectivity index (χ0v) is 17.3. The van der Waals surface area contributed by atoms with Gasteiger partial charge in [0.05, 0.1) is 14.5 Å². The van der Waals surface area contributed by atoms with Crippen LogP contribution in [0.4, 0.5) is 0 Å². The Bertz CT molecular complexity index is 1480. The van der Waals surface area contributed by atoms with Gasteiger partial charge in [0.15, 0.2) is 0 Å². The van der Waals surface area contributed by atoms with Crippen LogP contribution in [0.15, 0.2) is 76.1 Å². The van der Waals surface area contributed by atoms with E-state index in [2.05, 4.69) is 38.7 Å². The second-order valence-electron chi connectivity index (χ2n) is 7.06. The van der Waals surface area contributed by atoms with E-state index in [0.717, 1.165) is 43.9 Å². The van der Waals surface area contributed by atoms with Crippen LogP contribution in [0, 0.1) is 0 Å². The standard InChI is InChI=1S/C24H15BO2S2/c1-2-15-21(18-11-13-7-3-5-9-16(13)26-18)28-24-20(25)23(29-22(15)24)19-12-14-8-4-6-10-17(14)27-19/h2-12H,1,25H2. The third kappa shape index (κ3) is 2.48. The molecule has 29 heavy (non-hydrogen) atoms. The van der Waals surface area contributed by atoms with Gasteiger partial charge < -0.3 is 8.83 Å². The summed E-state index contributed by atoms with van der Waals surface area (Å²) in [6.45, 7) is 4.09. The third-order valence-electron chi connectivity index (χ3n) is 5.29. The molecule has 0 unspecified atom stereocenters. The lowest BCUT2D eigenvalue weighted by Crippen LogP contribution is -2.00. The summed E-state index contributed by atoms with van der Waals surface area (Å²) in [5.74, 6) is 1.83. The van der Waals surface area contributed by atoms with E-state index >= 15 is 0 Å². The Kier molecular flexibility index (Phi) is 3.64. The number of fused-ring (bicyclic) bond motifs is 3. The van der Waals surface area contributed by atoms with E-state index in [1.54, 1.807) is 22.7 Å². The lowest BCUT2D eigenvalue weighted by molar-refractivity contribution is 0.633. The normalized spacial score (nSPS) is 11.7. The molecule has 0 atom stereocenters. The highest BCUT2D eigenvalue weighted by atomic mass is 32.1. The van der Waals surface area contributed by atoms with Crippen LogP contribution >= 0.6 is 22.7 Å². The Morgan fingerprint density at radius 3 is 1.90 bits per heavy atom. The highest BCUT2D eigenvalue weighted by Crippen LogP contribution is 2.46. The van der Waals surface area contributed by atoms with Gasteiger partial charge in [-0.3, -0.25) is 0 Å². The molecular formula is C24H15BO2S2. The second kappa shape index (κ2) is 6.24. The maximum Gasteiger partial charge on any atom is 0.146 e. The predicted molar refractivity (Wildman–Crippen MR) is 128 cm³/mol. The van der Waals surface area contributed by atoms with E-state index in [0.29, 0.717) is 0 Å². The molecule has 0 saturated carbocycles. The van der Waals surface area contributed by atoms with Crippen LogP contribution in [0.3, 0.4) is 0 Å². The van der Waals surface area contributed by atoms with Gasteiger partial charge in [-0.05, 0) is 29.7 Å². The summed E-state index contributed by atoms with van der Waals surface area (Å²) in [6, 6.07) is 20.5. The average Bonchev–Trinajstić information content (AvgIpc) is 3.49. The monoisotopic (exact) mass is 410 g/mol. The summed E-state index contributed by atoms with van der Waals surface area (Å²) in [6.07, 6.45) is 1.94. The third-order valence-corrected chi connectivity index (χ3v) is 8.10. The SMILES string of the molecule is Bc1c(-c2cc3ccccc3o2)sc2c(C=C)c(-c3cc4ccccc4o3)sc12. The van der Waals surface area contributed by atoms with Crippen LogP contribution in [0.2, 0.25) is 0 Å². The fourth-order valence-electron chi connectivity index (χ4n) is 3.85. The number of benzene rings is 2. The van der Waals surface area contributed by atoms with Crippen molar-refractivity contribution >= 4 is 73.4 Å². The topological polar surface area (TPSA) is 26.3 Å². The molecule has 5 heteroatoms. The summed E-state index contributed by atoms with van der Waals surface area (Å²) in [4.78, 5) is 2.32. The van der Waals surface area contributed by atoms with Gasteiger partial charge >= 0.3 is 0 Å². The van der Waals surface area contributed by atoms with E-state index in [-0.39, 0.29) is 0 Å². The van der Waals surface area contributed by atoms with E-state index in [9.17, 15) is 0 Å². The Morgan fingerprint density at radius 1 is 0.759 bits per heavy atom. The molecule has 6 rings (SSSR count). The van der Waals surface area contributed by atoms with Gasteiger partial charge in [0.1, 0.15) is 30.5 Å². The molecule has 0 fully saturated rings. The van der Waals surface area contributed by atoms with Crippen molar-refractivity contribution < 1.29 is 8.83 Å². The van der Waals surface area contributed by atoms with Gasteiger partial charge in [0, 0.05) is 21.0 Å². The molecule has 0 N–H and O–H groups in total. The van der Waals surface area contributed by atoms with Crippen LogP contribution in [0.25, 0.3) is 58.7 Å². The Morgan fingerprint density at radius 2 is 1.31 bits per heavy atom. The summed E-state index contributed by atoms with van der Waals surface area (Å²) in [7, 11) is 2.17. The van der Waals surface area contributed by atoms with Gasteiger partial charge in [0.25, 0.3) is 0 Å². The molecule has 0 aliphatic carbocycles. The van der Waals surface area contributed by atoms with Gasteiger partial charge in [0.2, 0.25) is 0 Å².